The van der Waals surface area contributed by atoms with Gasteiger partial charge in [-0.05, 0) is 42.7 Å². The lowest BCUT2D eigenvalue weighted by molar-refractivity contribution is 0.161. The monoisotopic (exact) mass is 280 g/mol. The summed E-state index contributed by atoms with van der Waals surface area (Å²) >= 11 is 1.89. The van der Waals surface area contributed by atoms with Gasteiger partial charge in [0.15, 0.2) is 0 Å². The van der Waals surface area contributed by atoms with Crippen LogP contribution in [0.4, 0.5) is 0 Å². The van der Waals surface area contributed by atoms with Crippen molar-refractivity contribution in [3.63, 3.8) is 0 Å². The van der Waals surface area contributed by atoms with Crippen LogP contribution in [0.3, 0.4) is 0 Å². The summed E-state index contributed by atoms with van der Waals surface area (Å²) in [7, 11) is 0. The fraction of sp³-hybridized carbons (Fsp3) is 0.750. The molecule has 0 spiro atoms. The van der Waals surface area contributed by atoms with Crippen LogP contribution in [0.1, 0.15) is 44.9 Å². The fourth-order valence-corrected chi connectivity index (χ4v) is 3.30. The summed E-state index contributed by atoms with van der Waals surface area (Å²) in [5.41, 5.74) is 0.356. The Kier molecular flexibility index (Phi) is 5.43. The number of rotatable bonds is 9. The SMILES string of the molecule is CCCNCC(C)(C)CN(Cc1cccs1)C1CC1. The van der Waals surface area contributed by atoms with Gasteiger partial charge >= 0.3 is 0 Å². The molecule has 3 heteroatoms. The highest BCUT2D eigenvalue weighted by Gasteiger charge is 2.32. The van der Waals surface area contributed by atoms with Crippen LogP contribution in [0.5, 0.6) is 0 Å². The highest BCUT2D eigenvalue weighted by molar-refractivity contribution is 7.09. The van der Waals surface area contributed by atoms with Gasteiger partial charge in [0.2, 0.25) is 0 Å². The third-order valence-corrected chi connectivity index (χ3v) is 4.52. The van der Waals surface area contributed by atoms with Gasteiger partial charge in [-0.2, -0.15) is 0 Å². The van der Waals surface area contributed by atoms with Gasteiger partial charge in [0.25, 0.3) is 0 Å². The molecule has 0 atom stereocenters. The van der Waals surface area contributed by atoms with E-state index in [0.29, 0.717) is 5.41 Å². The summed E-state index contributed by atoms with van der Waals surface area (Å²) < 4.78 is 0. The third kappa shape index (κ3) is 5.25. The van der Waals surface area contributed by atoms with Gasteiger partial charge in [-0.3, -0.25) is 4.90 Å². The van der Waals surface area contributed by atoms with E-state index in [1.54, 1.807) is 0 Å². The van der Waals surface area contributed by atoms with Crippen molar-refractivity contribution < 1.29 is 0 Å². The summed E-state index contributed by atoms with van der Waals surface area (Å²) in [4.78, 5) is 4.20. The molecule has 19 heavy (non-hydrogen) atoms. The molecule has 0 aliphatic heterocycles. The van der Waals surface area contributed by atoms with E-state index in [-0.39, 0.29) is 0 Å². The van der Waals surface area contributed by atoms with Crippen molar-refractivity contribution in [3.05, 3.63) is 22.4 Å². The Morgan fingerprint density at radius 3 is 2.79 bits per heavy atom. The van der Waals surface area contributed by atoms with Crippen LogP contribution in [0.25, 0.3) is 0 Å². The van der Waals surface area contributed by atoms with Gasteiger partial charge in [-0.15, -0.1) is 11.3 Å². The Labute approximate surface area is 122 Å². The molecule has 0 aromatic carbocycles. The van der Waals surface area contributed by atoms with Crippen LogP contribution >= 0.6 is 11.3 Å². The van der Waals surface area contributed by atoms with Crippen molar-refractivity contribution in [1.29, 1.82) is 0 Å². The van der Waals surface area contributed by atoms with Gasteiger partial charge in [0, 0.05) is 30.6 Å². The van der Waals surface area contributed by atoms with E-state index >= 15 is 0 Å². The minimum atomic E-state index is 0.356. The van der Waals surface area contributed by atoms with Crippen molar-refractivity contribution in [2.24, 2.45) is 5.41 Å². The Hall–Kier alpha value is -0.380. The average molecular weight is 280 g/mol. The molecule has 2 nitrogen and oxygen atoms in total. The Morgan fingerprint density at radius 1 is 1.42 bits per heavy atom. The molecule has 1 saturated carbocycles. The van der Waals surface area contributed by atoms with E-state index in [1.807, 2.05) is 11.3 Å². The predicted molar refractivity (Wildman–Crippen MR) is 84.7 cm³/mol. The first-order chi connectivity index (χ1) is 9.11. The summed E-state index contributed by atoms with van der Waals surface area (Å²) in [5.74, 6) is 0. The molecule has 1 N–H and O–H groups in total. The van der Waals surface area contributed by atoms with Crippen molar-refractivity contribution in [2.45, 2.75) is 52.6 Å². The molecular formula is C16H28N2S. The first-order valence-corrected chi connectivity index (χ1v) is 8.46. The fourth-order valence-electron chi connectivity index (χ4n) is 2.57. The largest absolute Gasteiger partial charge is 0.316 e. The van der Waals surface area contributed by atoms with E-state index in [9.17, 15) is 0 Å². The molecular weight excluding hydrogens is 252 g/mol. The van der Waals surface area contributed by atoms with E-state index in [0.717, 1.165) is 25.7 Å². The van der Waals surface area contributed by atoms with Gasteiger partial charge in [0.1, 0.15) is 0 Å². The average Bonchev–Trinajstić information content (AvgIpc) is 3.08. The summed E-state index contributed by atoms with van der Waals surface area (Å²) in [6.07, 6.45) is 4.01. The Bertz CT molecular complexity index is 355. The van der Waals surface area contributed by atoms with Crippen molar-refractivity contribution in [2.75, 3.05) is 19.6 Å². The second kappa shape index (κ2) is 6.87. The van der Waals surface area contributed by atoms with E-state index < -0.39 is 0 Å². The van der Waals surface area contributed by atoms with Crippen LogP contribution < -0.4 is 5.32 Å². The minimum Gasteiger partial charge on any atom is -0.316 e. The summed E-state index contributed by atoms with van der Waals surface area (Å²) in [6.45, 7) is 11.6. The maximum atomic E-state index is 3.57. The van der Waals surface area contributed by atoms with Gasteiger partial charge in [-0.25, -0.2) is 0 Å². The predicted octanol–water partition coefficient (Wildman–Crippen LogP) is 3.74. The smallest absolute Gasteiger partial charge is 0.0331 e. The van der Waals surface area contributed by atoms with Crippen molar-refractivity contribution in [3.8, 4) is 0 Å². The first-order valence-electron chi connectivity index (χ1n) is 7.58. The molecule has 0 saturated heterocycles. The van der Waals surface area contributed by atoms with Crippen LogP contribution in [0.15, 0.2) is 17.5 Å². The number of nitrogens with zero attached hydrogens (tertiary/aromatic N) is 1. The Morgan fingerprint density at radius 2 is 2.21 bits per heavy atom. The zero-order chi connectivity index (χ0) is 13.7. The van der Waals surface area contributed by atoms with Gasteiger partial charge in [0.05, 0.1) is 0 Å². The quantitative estimate of drug-likeness (QED) is 0.693. The lowest BCUT2D eigenvalue weighted by Gasteiger charge is -2.33. The van der Waals surface area contributed by atoms with E-state index in [4.69, 9.17) is 0 Å². The molecule has 1 aromatic rings. The normalized spacial score (nSPS) is 16.2. The second-order valence-corrected chi connectivity index (χ2v) is 7.59. The summed E-state index contributed by atoms with van der Waals surface area (Å²) in [6, 6.07) is 5.27. The zero-order valence-corrected chi connectivity index (χ0v) is 13.4. The molecule has 1 aliphatic carbocycles. The number of hydrogen-bond donors (Lipinski definition) is 1. The van der Waals surface area contributed by atoms with E-state index in [2.05, 4.69) is 48.5 Å². The molecule has 2 rings (SSSR count). The maximum absolute atomic E-state index is 3.57. The van der Waals surface area contributed by atoms with Gasteiger partial charge < -0.3 is 5.32 Å². The third-order valence-electron chi connectivity index (χ3n) is 3.66. The molecule has 108 valence electrons. The molecule has 0 radical (unpaired) electrons. The topological polar surface area (TPSA) is 15.3 Å². The molecule has 1 heterocycles. The molecule has 0 unspecified atom stereocenters. The van der Waals surface area contributed by atoms with Crippen molar-refractivity contribution >= 4 is 11.3 Å². The Balaban J connectivity index is 1.85. The van der Waals surface area contributed by atoms with Crippen LogP contribution in [0, 0.1) is 5.41 Å². The second-order valence-electron chi connectivity index (χ2n) is 6.56. The standard InChI is InChI=1S/C16H28N2S/c1-4-9-17-12-16(2,3)13-18(14-7-8-14)11-15-6-5-10-19-15/h5-6,10,14,17H,4,7-9,11-13H2,1-3H3. The highest BCUT2D eigenvalue weighted by Crippen LogP contribution is 2.32. The lowest BCUT2D eigenvalue weighted by atomic mass is 9.92. The van der Waals surface area contributed by atoms with Crippen molar-refractivity contribution in [1.82, 2.24) is 10.2 Å². The summed E-state index contributed by atoms with van der Waals surface area (Å²) in [5, 5.41) is 5.76. The minimum absolute atomic E-state index is 0.356. The number of nitrogens with one attached hydrogen (secondary N) is 1. The molecule has 0 bridgehead atoms. The highest BCUT2D eigenvalue weighted by atomic mass is 32.1. The molecule has 1 fully saturated rings. The van der Waals surface area contributed by atoms with E-state index in [1.165, 1.54) is 30.7 Å². The zero-order valence-electron chi connectivity index (χ0n) is 12.6. The first kappa shape index (κ1) is 15.0. The number of hydrogen-bond acceptors (Lipinski definition) is 3. The molecule has 0 amide bonds. The molecule has 1 aromatic heterocycles. The maximum Gasteiger partial charge on any atom is 0.0331 e. The van der Waals surface area contributed by atoms with Gasteiger partial charge in [-0.1, -0.05) is 26.8 Å². The lowest BCUT2D eigenvalue weighted by Crippen LogP contribution is -2.41. The van der Waals surface area contributed by atoms with Crippen LogP contribution in [-0.2, 0) is 6.54 Å². The van der Waals surface area contributed by atoms with Crippen LogP contribution in [-0.4, -0.2) is 30.6 Å². The number of thiophene rings is 1. The van der Waals surface area contributed by atoms with Crippen LogP contribution in [0.2, 0.25) is 0 Å². The molecule has 1 aliphatic rings.